The molecule has 0 aromatic heterocycles. The summed E-state index contributed by atoms with van der Waals surface area (Å²) < 4.78 is 32.7. The molecule has 0 spiro atoms. The number of aliphatic imine (C=N–C) groups is 1. The van der Waals surface area contributed by atoms with Crippen LogP contribution in [0.1, 0.15) is 18.1 Å². The molecule has 2 N–H and O–H groups in total. The number of aryl methyl sites for hydroxylation is 1. The number of halogens is 1. The van der Waals surface area contributed by atoms with Gasteiger partial charge in [-0.25, -0.2) is 8.42 Å². The minimum Gasteiger partial charge on any atom is -0.496 e. The van der Waals surface area contributed by atoms with Gasteiger partial charge in [-0.3, -0.25) is 4.99 Å². The van der Waals surface area contributed by atoms with Gasteiger partial charge in [-0.2, -0.15) is 0 Å². The average molecular weight is 513 g/mol. The topological polar surface area (TPSA) is 89.0 Å². The van der Waals surface area contributed by atoms with Gasteiger partial charge in [0.25, 0.3) is 0 Å². The van der Waals surface area contributed by atoms with Crippen LogP contribution in [0.3, 0.4) is 0 Å². The van der Waals surface area contributed by atoms with Crippen LogP contribution in [0.5, 0.6) is 5.75 Å². The second kappa shape index (κ2) is 14.0. The van der Waals surface area contributed by atoms with E-state index in [1.807, 2.05) is 19.1 Å². The van der Waals surface area contributed by atoms with Crippen molar-refractivity contribution >= 4 is 39.8 Å². The summed E-state index contributed by atoms with van der Waals surface area (Å²) in [5.41, 5.74) is 2.35. The van der Waals surface area contributed by atoms with Gasteiger partial charge in [-0.15, -0.1) is 24.0 Å². The SMILES string of the molecule is CCNC(=NCCOCCS(C)(=O)=O)NCCc1cc(C)ccc1OC.I. The van der Waals surface area contributed by atoms with Crippen LogP contribution in [0.15, 0.2) is 23.2 Å². The maximum absolute atomic E-state index is 11.0. The molecule has 156 valence electrons. The van der Waals surface area contributed by atoms with Gasteiger partial charge >= 0.3 is 0 Å². The van der Waals surface area contributed by atoms with Crippen molar-refractivity contribution < 1.29 is 17.9 Å². The van der Waals surface area contributed by atoms with Gasteiger partial charge in [0.15, 0.2) is 5.96 Å². The van der Waals surface area contributed by atoms with Gasteiger partial charge in [0.2, 0.25) is 0 Å². The van der Waals surface area contributed by atoms with E-state index in [1.54, 1.807) is 7.11 Å². The first-order valence-corrected chi connectivity index (χ1v) is 10.8. The van der Waals surface area contributed by atoms with E-state index in [4.69, 9.17) is 9.47 Å². The Morgan fingerprint density at radius 2 is 1.96 bits per heavy atom. The number of nitrogens with one attached hydrogen (secondary N) is 2. The van der Waals surface area contributed by atoms with Crippen molar-refractivity contribution in [2.45, 2.75) is 20.3 Å². The third-order valence-corrected chi connectivity index (χ3v) is 4.48. The molecule has 1 rings (SSSR count). The third kappa shape index (κ3) is 12.1. The maximum Gasteiger partial charge on any atom is 0.191 e. The van der Waals surface area contributed by atoms with Crippen molar-refractivity contribution in [3.63, 3.8) is 0 Å². The molecule has 0 saturated carbocycles. The zero-order chi connectivity index (χ0) is 19.4. The highest BCUT2D eigenvalue weighted by Gasteiger charge is 2.04. The lowest BCUT2D eigenvalue weighted by Crippen LogP contribution is -2.38. The lowest BCUT2D eigenvalue weighted by Gasteiger charge is -2.13. The van der Waals surface area contributed by atoms with Gasteiger partial charge in [0.1, 0.15) is 15.6 Å². The molecule has 9 heteroatoms. The molecule has 0 fully saturated rings. The summed E-state index contributed by atoms with van der Waals surface area (Å²) in [5.74, 6) is 1.64. The zero-order valence-electron chi connectivity index (χ0n) is 16.6. The number of hydrogen-bond donors (Lipinski definition) is 2. The molecule has 0 aliphatic carbocycles. The summed E-state index contributed by atoms with van der Waals surface area (Å²) in [4.78, 5) is 4.43. The second-order valence-electron chi connectivity index (χ2n) is 5.99. The molecule has 0 aliphatic rings. The van der Waals surface area contributed by atoms with Crippen LogP contribution >= 0.6 is 24.0 Å². The van der Waals surface area contributed by atoms with Gasteiger partial charge in [0, 0.05) is 19.3 Å². The normalized spacial score (nSPS) is 11.6. The van der Waals surface area contributed by atoms with Crippen LogP contribution in [0.25, 0.3) is 0 Å². The van der Waals surface area contributed by atoms with E-state index in [0.29, 0.717) is 19.1 Å². The number of ether oxygens (including phenoxy) is 2. The van der Waals surface area contributed by atoms with E-state index in [2.05, 4.69) is 28.6 Å². The Bertz CT molecular complexity index is 681. The smallest absolute Gasteiger partial charge is 0.191 e. The van der Waals surface area contributed by atoms with E-state index in [1.165, 1.54) is 11.8 Å². The number of rotatable bonds is 11. The Morgan fingerprint density at radius 3 is 2.59 bits per heavy atom. The minimum absolute atomic E-state index is 0. The number of sulfone groups is 1. The van der Waals surface area contributed by atoms with Gasteiger partial charge in [-0.1, -0.05) is 17.7 Å². The van der Waals surface area contributed by atoms with Crippen molar-refractivity contribution in [3.05, 3.63) is 29.3 Å². The third-order valence-electron chi connectivity index (χ3n) is 3.57. The van der Waals surface area contributed by atoms with E-state index >= 15 is 0 Å². The minimum atomic E-state index is -2.98. The number of hydrogen-bond acceptors (Lipinski definition) is 5. The van der Waals surface area contributed by atoms with E-state index in [-0.39, 0.29) is 36.3 Å². The largest absolute Gasteiger partial charge is 0.496 e. The van der Waals surface area contributed by atoms with Crippen molar-refractivity contribution in [2.75, 3.05) is 52.0 Å². The maximum atomic E-state index is 11.0. The number of methoxy groups -OCH3 is 1. The fourth-order valence-corrected chi connectivity index (χ4v) is 2.72. The fraction of sp³-hybridized carbons (Fsp3) is 0.611. The molecule has 0 amide bonds. The van der Waals surface area contributed by atoms with E-state index in [0.717, 1.165) is 30.8 Å². The predicted octanol–water partition coefficient (Wildman–Crippen LogP) is 1.78. The molecule has 7 nitrogen and oxygen atoms in total. The van der Waals surface area contributed by atoms with E-state index < -0.39 is 9.84 Å². The number of guanidine groups is 1. The van der Waals surface area contributed by atoms with Crippen LogP contribution in [-0.2, 0) is 21.0 Å². The van der Waals surface area contributed by atoms with Crippen molar-refractivity contribution in [1.29, 1.82) is 0 Å². The molecule has 0 heterocycles. The molecule has 1 aromatic carbocycles. The molecule has 0 aliphatic heterocycles. The van der Waals surface area contributed by atoms with Crippen LogP contribution in [-0.4, -0.2) is 66.3 Å². The average Bonchev–Trinajstić information content (AvgIpc) is 2.57. The molecule has 0 radical (unpaired) electrons. The summed E-state index contributed by atoms with van der Waals surface area (Å²) in [6.07, 6.45) is 2.02. The van der Waals surface area contributed by atoms with Crippen molar-refractivity contribution in [1.82, 2.24) is 10.6 Å². The number of nitrogens with zero attached hydrogens (tertiary/aromatic N) is 1. The molecule has 0 unspecified atom stereocenters. The Balaban J connectivity index is 0.00000676. The summed E-state index contributed by atoms with van der Waals surface area (Å²) in [6, 6.07) is 6.14. The first kappa shape index (κ1) is 25.9. The van der Waals surface area contributed by atoms with E-state index in [9.17, 15) is 8.42 Å². The fourth-order valence-electron chi connectivity index (χ4n) is 2.29. The van der Waals surface area contributed by atoms with Crippen LogP contribution < -0.4 is 15.4 Å². The highest BCUT2D eigenvalue weighted by Crippen LogP contribution is 2.19. The van der Waals surface area contributed by atoms with Crippen LogP contribution in [0, 0.1) is 6.92 Å². The zero-order valence-corrected chi connectivity index (χ0v) is 19.7. The highest BCUT2D eigenvalue weighted by molar-refractivity contribution is 14.0. The summed E-state index contributed by atoms with van der Waals surface area (Å²) in [6.45, 7) is 6.60. The number of benzene rings is 1. The quantitative estimate of drug-likeness (QED) is 0.203. The van der Waals surface area contributed by atoms with Gasteiger partial charge < -0.3 is 20.1 Å². The van der Waals surface area contributed by atoms with Crippen molar-refractivity contribution in [3.8, 4) is 5.75 Å². The van der Waals surface area contributed by atoms with Crippen molar-refractivity contribution in [2.24, 2.45) is 4.99 Å². The highest BCUT2D eigenvalue weighted by atomic mass is 127. The first-order valence-electron chi connectivity index (χ1n) is 8.77. The molecule has 0 atom stereocenters. The summed E-state index contributed by atoms with van der Waals surface area (Å²) in [7, 11) is -1.30. The second-order valence-corrected chi connectivity index (χ2v) is 8.25. The molecular formula is C18H32IN3O4S. The van der Waals surface area contributed by atoms with Crippen LogP contribution in [0.4, 0.5) is 0 Å². The van der Waals surface area contributed by atoms with Gasteiger partial charge in [0.05, 0.1) is 32.6 Å². The standard InChI is InChI=1S/C18H31N3O4S.HI/c1-5-19-18(21-10-11-25-12-13-26(4,22)23)20-9-8-16-14-15(2)6-7-17(16)24-3;/h6-7,14H,5,8-13H2,1-4H3,(H2,19,20,21);1H. The Hall–Kier alpha value is -1.07. The summed E-state index contributed by atoms with van der Waals surface area (Å²) in [5, 5.41) is 6.47. The molecular weight excluding hydrogens is 481 g/mol. The molecule has 0 saturated heterocycles. The molecule has 0 bridgehead atoms. The Labute approximate surface area is 180 Å². The Kier molecular flexibility index (Phi) is 13.4. The summed E-state index contributed by atoms with van der Waals surface area (Å²) >= 11 is 0. The van der Waals surface area contributed by atoms with Crippen LogP contribution in [0.2, 0.25) is 0 Å². The molecule has 27 heavy (non-hydrogen) atoms. The Morgan fingerprint density at radius 1 is 1.22 bits per heavy atom. The van der Waals surface area contributed by atoms with Gasteiger partial charge in [-0.05, 0) is 31.9 Å². The lowest BCUT2D eigenvalue weighted by atomic mass is 10.1. The lowest BCUT2D eigenvalue weighted by molar-refractivity contribution is 0.157. The monoisotopic (exact) mass is 513 g/mol. The molecule has 1 aromatic rings. The first-order chi connectivity index (χ1) is 12.4. The predicted molar refractivity (Wildman–Crippen MR) is 121 cm³/mol.